The van der Waals surface area contributed by atoms with Crippen molar-refractivity contribution in [3.8, 4) is 0 Å². The fourth-order valence-electron chi connectivity index (χ4n) is 0.465. The van der Waals surface area contributed by atoms with Gasteiger partial charge in [0.1, 0.15) is 0 Å². The van der Waals surface area contributed by atoms with Gasteiger partial charge in [0, 0.05) is 6.54 Å². The van der Waals surface area contributed by atoms with Crippen LogP contribution >= 0.6 is 0 Å². The summed E-state index contributed by atoms with van der Waals surface area (Å²) in [6.07, 6.45) is 1.74. The zero-order valence-electron chi connectivity index (χ0n) is 6.88. The zero-order chi connectivity index (χ0) is 10.2. The van der Waals surface area contributed by atoms with Crippen LogP contribution in [0.1, 0.15) is 0 Å². The molecule has 0 unspecified atom stereocenters. The molecule has 3 N–H and O–H groups in total. The van der Waals surface area contributed by atoms with Crippen molar-refractivity contribution < 1.29 is 22.3 Å². The molecule has 78 valence electrons. The van der Waals surface area contributed by atoms with Crippen LogP contribution in [0.25, 0.3) is 0 Å². The molecule has 0 radical (unpaired) electrons. The van der Waals surface area contributed by atoms with E-state index in [0.717, 1.165) is 13.1 Å². The monoisotopic (exact) mass is 212 g/mol. The molecule has 0 amide bonds. The summed E-state index contributed by atoms with van der Waals surface area (Å²) in [6, 6.07) is 0. The standard InChI is InChI=1S/C3H6N2.C2H6O5S/c1-2-5-3-4-1;3-1-2-7-8(4,5)6/h3H,1-2H2,(H,4,5);3H,1-2H2,(H,4,5,6). The third kappa shape index (κ3) is 11.3. The van der Waals surface area contributed by atoms with Crippen LogP contribution in [0.5, 0.6) is 0 Å². The minimum absolute atomic E-state index is 0.404. The van der Waals surface area contributed by atoms with Gasteiger partial charge in [0.15, 0.2) is 0 Å². The van der Waals surface area contributed by atoms with E-state index in [1.54, 1.807) is 6.34 Å². The number of nitrogens with zero attached hydrogens (tertiary/aromatic N) is 1. The fraction of sp³-hybridized carbons (Fsp3) is 0.800. The Hall–Kier alpha value is -0.700. The van der Waals surface area contributed by atoms with E-state index >= 15 is 0 Å². The molecule has 0 fully saturated rings. The molecule has 1 heterocycles. The second-order valence-corrected chi connectivity index (χ2v) is 3.05. The molecule has 0 aromatic rings. The van der Waals surface area contributed by atoms with Gasteiger partial charge in [-0.1, -0.05) is 0 Å². The summed E-state index contributed by atoms with van der Waals surface area (Å²) in [5, 5.41) is 10.9. The molecule has 0 spiro atoms. The van der Waals surface area contributed by atoms with Gasteiger partial charge in [-0.2, -0.15) is 8.42 Å². The van der Waals surface area contributed by atoms with Crippen LogP contribution in [-0.2, 0) is 14.6 Å². The maximum Gasteiger partial charge on any atom is 0.397 e. The molecular formula is C5H12N2O5S. The highest BCUT2D eigenvalue weighted by molar-refractivity contribution is 7.80. The number of hydrogen-bond acceptors (Lipinski definition) is 6. The minimum atomic E-state index is -4.35. The number of aliphatic hydroxyl groups excluding tert-OH is 1. The van der Waals surface area contributed by atoms with E-state index in [9.17, 15) is 8.42 Å². The van der Waals surface area contributed by atoms with Crippen molar-refractivity contribution >= 4 is 16.7 Å². The smallest absolute Gasteiger partial charge is 0.394 e. The SMILES string of the molecule is C1=NCCN1.O=S(=O)(O)OCCO. The van der Waals surface area contributed by atoms with Crippen LogP contribution in [0.3, 0.4) is 0 Å². The Bertz CT molecular complexity index is 231. The largest absolute Gasteiger partial charge is 0.397 e. The molecule has 8 heteroatoms. The van der Waals surface area contributed by atoms with Crippen molar-refractivity contribution in [2.75, 3.05) is 26.3 Å². The van der Waals surface area contributed by atoms with E-state index < -0.39 is 23.6 Å². The van der Waals surface area contributed by atoms with Crippen LogP contribution < -0.4 is 5.32 Å². The van der Waals surface area contributed by atoms with Gasteiger partial charge < -0.3 is 10.4 Å². The zero-order valence-corrected chi connectivity index (χ0v) is 7.70. The third-order valence-corrected chi connectivity index (χ3v) is 1.36. The summed E-state index contributed by atoms with van der Waals surface area (Å²) < 4.78 is 30.7. The first-order chi connectivity index (χ1) is 6.06. The van der Waals surface area contributed by atoms with Crippen molar-refractivity contribution in [1.82, 2.24) is 5.32 Å². The topological polar surface area (TPSA) is 108 Å². The van der Waals surface area contributed by atoms with Gasteiger partial charge >= 0.3 is 10.4 Å². The third-order valence-electron chi connectivity index (χ3n) is 0.891. The second kappa shape index (κ2) is 6.78. The van der Waals surface area contributed by atoms with Gasteiger partial charge in [-0.25, -0.2) is 4.18 Å². The maximum absolute atomic E-state index is 9.61. The van der Waals surface area contributed by atoms with Crippen LogP contribution in [0.15, 0.2) is 4.99 Å². The maximum atomic E-state index is 9.61. The first-order valence-electron chi connectivity index (χ1n) is 3.50. The highest BCUT2D eigenvalue weighted by atomic mass is 32.3. The predicted octanol–water partition coefficient (Wildman–Crippen LogP) is -1.58. The number of hydrogen-bond donors (Lipinski definition) is 3. The number of rotatable bonds is 3. The molecule has 0 atom stereocenters. The molecule has 0 bridgehead atoms. The minimum Gasteiger partial charge on any atom is -0.394 e. The summed E-state index contributed by atoms with van der Waals surface area (Å²) in [5.41, 5.74) is 0. The van der Waals surface area contributed by atoms with E-state index in [-0.39, 0.29) is 0 Å². The summed E-state index contributed by atoms with van der Waals surface area (Å²) in [5.74, 6) is 0. The molecular weight excluding hydrogens is 200 g/mol. The van der Waals surface area contributed by atoms with E-state index in [0.29, 0.717) is 0 Å². The second-order valence-electron chi connectivity index (χ2n) is 1.96. The molecule has 0 aromatic carbocycles. The Kier molecular flexibility index (Phi) is 6.41. The lowest BCUT2D eigenvalue weighted by atomic mass is 10.7. The molecule has 1 rings (SSSR count). The quantitative estimate of drug-likeness (QED) is 0.487. The number of nitrogens with one attached hydrogen (secondary N) is 1. The molecule has 1 aliphatic heterocycles. The van der Waals surface area contributed by atoms with Gasteiger partial charge in [-0.15, -0.1) is 0 Å². The van der Waals surface area contributed by atoms with Crippen molar-refractivity contribution in [3.05, 3.63) is 0 Å². The van der Waals surface area contributed by atoms with Crippen molar-refractivity contribution in [1.29, 1.82) is 0 Å². The first kappa shape index (κ1) is 12.3. The summed E-state index contributed by atoms with van der Waals surface area (Å²) in [4.78, 5) is 3.85. The average molecular weight is 212 g/mol. The molecule has 7 nitrogen and oxygen atoms in total. The average Bonchev–Trinajstić information content (AvgIpc) is 2.56. The van der Waals surface area contributed by atoms with Crippen LogP contribution in [0, 0.1) is 0 Å². The molecule has 0 saturated heterocycles. The van der Waals surface area contributed by atoms with Crippen LogP contribution in [0.2, 0.25) is 0 Å². The Labute approximate surface area is 76.4 Å². The lowest BCUT2D eigenvalue weighted by molar-refractivity contribution is 0.188. The lowest BCUT2D eigenvalue weighted by Crippen LogP contribution is -2.06. The molecule has 1 aliphatic rings. The fourth-order valence-corrected chi connectivity index (χ4v) is 0.750. The van der Waals surface area contributed by atoms with Gasteiger partial charge in [-0.05, 0) is 0 Å². The van der Waals surface area contributed by atoms with Crippen LogP contribution in [-0.4, -0.2) is 50.7 Å². The Morgan fingerprint density at radius 2 is 2.31 bits per heavy atom. The van der Waals surface area contributed by atoms with Gasteiger partial charge in [0.2, 0.25) is 0 Å². The van der Waals surface area contributed by atoms with E-state index in [2.05, 4.69) is 14.5 Å². The number of aliphatic imine (C=N–C) groups is 1. The van der Waals surface area contributed by atoms with E-state index in [1.165, 1.54) is 0 Å². The molecule has 0 aliphatic carbocycles. The highest BCUT2D eigenvalue weighted by Gasteiger charge is 2.00. The summed E-state index contributed by atoms with van der Waals surface area (Å²) in [7, 11) is -4.35. The van der Waals surface area contributed by atoms with Gasteiger partial charge in [0.05, 0.1) is 26.1 Å². The van der Waals surface area contributed by atoms with Gasteiger partial charge in [-0.3, -0.25) is 9.55 Å². The summed E-state index contributed by atoms with van der Waals surface area (Å²) >= 11 is 0. The van der Waals surface area contributed by atoms with Crippen molar-refractivity contribution in [3.63, 3.8) is 0 Å². The Morgan fingerprint density at radius 3 is 2.46 bits per heavy atom. The van der Waals surface area contributed by atoms with E-state index in [4.69, 9.17) is 9.66 Å². The van der Waals surface area contributed by atoms with Crippen LogP contribution in [0.4, 0.5) is 0 Å². The molecule has 0 saturated carbocycles. The van der Waals surface area contributed by atoms with Gasteiger partial charge in [0.25, 0.3) is 0 Å². The molecule has 13 heavy (non-hydrogen) atoms. The normalized spacial score (nSPS) is 14.6. The predicted molar refractivity (Wildman–Crippen MR) is 45.9 cm³/mol. The summed E-state index contributed by atoms with van der Waals surface area (Å²) in [6.45, 7) is 1.15. The van der Waals surface area contributed by atoms with Crippen molar-refractivity contribution in [2.45, 2.75) is 0 Å². The molecule has 0 aromatic heterocycles. The Morgan fingerprint density at radius 1 is 1.62 bits per heavy atom. The lowest BCUT2D eigenvalue weighted by Gasteiger charge is -1.92. The highest BCUT2D eigenvalue weighted by Crippen LogP contribution is 1.82. The number of aliphatic hydroxyl groups is 1. The van der Waals surface area contributed by atoms with Crippen molar-refractivity contribution in [2.24, 2.45) is 4.99 Å². The van der Waals surface area contributed by atoms with E-state index in [1.807, 2.05) is 0 Å². The first-order valence-corrected chi connectivity index (χ1v) is 4.87. The Balaban J connectivity index is 0.000000243.